The first-order valence-corrected chi connectivity index (χ1v) is 8.54. The van der Waals surface area contributed by atoms with Gasteiger partial charge in [0.1, 0.15) is 18.3 Å². The summed E-state index contributed by atoms with van der Waals surface area (Å²) < 4.78 is 29.5. The first-order chi connectivity index (χ1) is 10.3. The quantitative estimate of drug-likeness (QED) is 0.817. The van der Waals surface area contributed by atoms with Crippen molar-refractivity contribution in [2.45, 2.75) is 43.2 Å². The van der Waals surface area contributed by atoms with E-state index in [0.717, 1.165) is 11.0 Å². The van der Waals surface area contributed by atoms with E-state index in [2.05, 4.69) is 0 Å². The molecule has 0 aliphatic carbocycles. The molecule has 0 bridgehead atoms. The second kappa shape index (κ2) is 6.75. The van der Waals surface area contributed by atoms with E-state index in [9.17, 15) is 18.6 Å². The lowest BCUT2D eigenvalue weighted by Crippen LogP contribution is -2.30. The summed E-state index contributed by atoms with van der Waals surface area (Å²) in [6, 6.07) is 6.59. The van der Waals surface area contributed by atoms with Gasteiger partial charge < -0.3 is 14.9 Å². The highest BCUT2D eigenvalue weighted by Crippen LogP contribution is 2.21. The summed E-state index contributed by atoms with van der Waals surface area (Å²) >= 11 is 0. The number of hydrogen-bond donors (Lipinski definition) is 2. The molecule has 120 valence electrons. The molecular weight excluding hydrogens is 304 g/mol. The van der Waals surface area contributed by atoms with Gasteiger partial charge in [0.2, 0.25) is 0 Å². The topological polar surface area (TPSA) is 83.8 Å². The molecule has 1 unspecified atom stereocenters. The molecule has 1 saturated heterocycles. The zero-order valence-corrected chi connectivity index (χ0v) is 13.3. The molecule has 2 rings (SSSR count). The Bertz CT molecular complexity index is 660. The van der Waals surface area contributed by atoms with Crippen LogP contribution in [0.2, 0.25) is 0 Å². The fourth-order valence-electron chi connectivity index (χ4n) is 2.17. The van der Waals surface area contributed by atoms with Gasteiger partial charge in [0.05, 0.1) is 11.0 Å². The van der Waals surface area contributed by atoms with Gasteiger partial charge in [0, 0.05) is 5.41 Å². The van der Waals surface area contributed by atoms with Crippen molar-refractivity contribution in [1.82, 2.24) is 0 Å². The van der Waals surface area contributed by atoms with Crippen molar-refractivity contribution in [2.75, 3.05) is 0 Å². The Labute approximate surface area is 130 Å². The van der Waals surface area contributed by atoms with Crippen LogP contribution in [0.4, 0.5) is 0 Å². The van der Waals surface area contributed by atoms with E-state index in [4.69, 9.17) is 4.74 Å². The molecule has 1 aliphatic rings. The van der Waals surface area contributed by atoms with Crippen LogP contribution >= 0.6 is 0 Å². The minimum absolute atomic E-state index is 0.226. The lowest BCUT2D eigenvalue weighted by atomic mass is 10.1. The van der Waals surface area contributed by atoms with Crippen molar-refractivity contribution in [1.29, 1.82) is 0 Å². The number of aliphatic hydroxyl groups excluding tert-OH is 2. The SMILES string of the molecule is Cc1ccc(S(=O)(=O)/C=C/C=C/[C@H]2O[C@@H](C)C(O)[C@H]2O)cc1. The minimum atomic E-state index is -3.49. The van der Waals surface area contributed by atoms with Crippen LogP contribution in [-0.2, 0) is 14.6 Å². The number of allylic oxidation sites excluding steroid dienone is 2. The number of ether oxygens (including phenoxy) is 1. The summed E-state index contributed by atoms with van der Waals surface area (Å²) in [5.74, 6) is 0. The van der Waals surface area contributed by atoms with Gasteiger partial charge in [-0.25, -0.2) is 8.42 Å². The zero-order valence-electron chi connectivity index (χ0n) is 12.5. The van der Waals surface area contributed by atoms with Gasteiger partial charge in [-0.2, -0.15) is 0 Å². The van der Waals surface area contributed by atoms with Crippen molar-refractivity contribution in [3.05, 3.63) is 53.5 Å². The molecule has 2 N–H and O–H groups in total. The van der Waals surface area contributed by atoms with E-state index in [-0.39, 0.29) is 4.90 Å². The lowest BCUT2D eigenvalue weighted by molar-refractivity contribution is 0.0316. The molecule has 0 radical (unpaired) electrons. The standard InChI is InChI=1S/C16H20O5S/c1-11-6-8-13(9-7-11)22(19,20)10-4-3-5-14-16(18)15(17)12(2)21-14/h3-10,12,14-18H,1-2H3/b5-3+,10-4+/t12-,14+,15?,16-/m0/s1. The number of aliphatic hydroxyl groups is 2. The maximum Gasteiger partial charge on any atom is 0.199 e. The van der Waals surface area contributed by atoms with Crippen LogP contribution < -0.4 is 0 Å². The third-order valence-electron chi connectivity index (χ3n) is 3.56. The molecule has 1 heterocycles. The third kappa shape index (κ3) is 3.84. The Morgan fingerprint density at radius 1 is 1.09 bits per heavy atom. The van der Waals surface area contributed by atoms with E-state index in [1.165, 1.54) is 18.2 Å². The van der Waals surface area contributed by atoms with Crippen LogP contribution in [-0.4, -0.2) is 43.0 Å². The molecule has 6 heteroatoms. The Morgan fingerprint density at radius 3 is 2.27 bits per heavy atom. The second-order valence-corrected chi connectivity index (χ2v) is 7.19. The smallest absolute Gasteiger partial charge is 0.199 e. The van der Waals surface area contributed by atoms with Crippen molar-refractivity contribution >= 4 is 9.84 Å². The maximum atomic E-state index is 12.1. The summed E-state index contributed by atoms with van der Waals surface area (Å²) in [7, 11) is -3.49. The molecule has 1 fully saturated rings. The monoisotopic (exact) mass is 324 g/mol. The van der Waals surface area contributed by atoms with Gasteiger partial charge in [0.25, 0.3) is 0 Å². The fraction of sp³-hybridized carbons (Fsp3) is 0.375. The van der Waals surface area contributed by atoms with E-state index < -0.39 is 34.3 Å². The number of rotatable bonds is 4. The van der Waals surface area contributed by atoms with Crippen LogP contribution in [0.5, 0.6) is 0 Å². The average Bonchev–Trinajstić information content (AvgIpc) is 2.71. The van der Waals surface area contributed by atoms with Gasteiger partial charge in [-0.05, 0) is 26.0 Å². The molecule has 22 heavy (non-hydrogen) atoms. The van der Waals surface area contributed by atoms with Crippen molar-refractivity contribution in [3.8, 4) is 0 Å². The van der Waals surface area contributed by atoms with Crippen LogP contribution in [0.1, 0.15) is 12.5 Å². The van der Waals surface area contributed by atoms with Crippen molar-refractivity contribution < 1.29 is 23.4 Å². The number of aryl methyl sites for hydroxylation is 1. The Hall–Kier alpha value is -1.47. The summed E-state index contributed by atoms with van der Waals surface area (Å²) in [4.78, 5) is 0.226. The molecule has 1 aliphatic heterocycles. The zero-order chi connectivity index (χ0) is 16.3. The Balaban J connectivity index is 2.03. The highest BCUT2D eigenvalue weighted by Gasteiger charge is 2.38. The number of sulfone groups is 1. The first-order valence-electron chi connectivity index (χ1n) is 6.99. The normalized spacial score (nSPS) is 29.6. The molecule has 0 aromatic heterocycles. The molecule has 1 aromatic carbocycles. The van der Waals surface area contributed by atoms with Gasteiger partial charge in [0.15, 0.2) is 9.84 Å². The first kappa shape index (κ1) is 16.9. The minimum Gasteiger partial charge on any atom is -0.388 e. The molecule has 0 spiro atoms. The van der Waals surface area contributed by atoms with Gasteiger partial charge in [-0.15, -0.1) is 0 Å². The van der Waals surface area contributed by atoms with E-state index in [1.54, 1.807) is 31.2 Å². The van der Waals surface area contributed by atoms with Crippen LogP contribution in [0.25, 0.3) is 0 Å². The van der Waals surface area contributed by atoms with E-state index in [0.29, 0.717) is 0 Å². The van der Waals surface area contributed by atoms with Crippen LogP contribution in [0.15, 0.2) is 52.8 Å². The maximum absolute atomic E-state index is 12.1. The second-order valence-electron chi connectivity index (χ2n) is 5.36. The molecule has 0 saturated carbocycles. The number of benzene rings is 1. The molecule has 4 atom stereocenters. The largest absolute Gasteiger partial charge is 0.388 e. The third-order valence-corrected chi connectivity index (χ3v) is 5.00. The molecular formula is C16H20O5S. The molecule has 0 amide bonds. The summed E-state index contributed by atoms with van der Waals surface area (Å²) in [5, 5.41) is 20.4. The molecule has 1 aromatic rings. The Morgan fingerprint density at radius 2 is 1.73 bits per heavy atom. The van der Waals surface area contributed by atoms with Crippen molar-refractivity contribution in [3.63, 3.8) is 0 Å². The van der Waals surface area contributed by atoms with Crippen LogP contribution in [0.3, 0.4) is 0 Å². The summed E-state index contributed by atoms with van der Waals surface area (Å²) in [6.45, 7) is 3.55. The lowest BCUT2D eigenvalue weighted by Gasteiger charge is -2.09. The highest BCUT2D eigenvalue weighted by atomic mass is 32.2. The summed E-state index contributed by atoms with van der Waals surface area (Å²) in [5.41, 5.74) is 0.989. The van der Waals surface area contributed by atoms with Gasteiger partial charge >= 0.3 is 0 Å². The predicted octanol–water partition coefficient (Wildman–Crippen LogP) is 1.35. The van der Waals surface area contributed by atoms with Crippen LogP contribution in [0, 0.1) is 6.92 Å². The number of hydrogen-bond acceptors (Lipinski definition) is 5. The van der Waals surface area contributed by atoms with E-state index >= 15 is 0 Å². The van der Waals surface area contributed by atoms with Gasteiger partial charge in [-0.1, -0.05) is 35.9 Å². The summed E-state index contributed by atoms with van der Waals surface area (Å²) in [6.07, 6.45) is 1.36. The van der Waals surface area contributed by atoms with Gasteiger partial charge in [-0.3, -0.25) is 0 Å². The fourth-order valence-corrected chi connectivity index (χ4v) is 3.14. The van der Waals surface area contributed by atoms with Crippen molar-refractivity contribution in [2.24, 2.45) is 0 Å². The Kier molecular flexibility index (Phi) is 5.18. The van der Waals surface area contributed by atoms with E-state index in [1.807, 2.05) is 6.92 Å². The molecule has 5 nitrogen and oxygen atoms in total. The predicted molar refractivity (Wildman–Crippen MR) is 83.0 cm³/mol. The highest BCUT2D eigenvalue weighted by molar-refractivity contribution is 7.94. The average molecular weight is 324 g/mol.